The zero-order valence-corrected chi connectivity index (χ0v) is 16.5. The van der Waals surface area contributed by atoms with Crippen molar-refractivity contribution in [2.75, 3.05) is 6.61 Å². The van der Waals surface area contributed by atoms with E-state index in [0.29, 0.717) is 12.2 Å². The molecule has 0 aliphatic carbocycles. The van der Waals surface area contributed by atoms with Crippen LogP contribution in [0.2, 0.25) is 0 Å². The maximum atomic E-state index is 12.6. The van der Waals surface area contributed by atoms with E-state index < -0.39 is 12.1 Å². The van der Waals surface area contributed by atoms with Crippen LogP contribution in [-0.4, -0.2) is 21.9 Å². The molecule has 0 aliphatic heterocycles. The highest BCUT2D eigenvalue weighted by molar-refractivity contribution is 5.61. The summed E-state index contributed by atoms with van der Waals surface area (Å²) in [4.78, 5) is 3.43. The summed E-state index contributed by atoms with van der Waals surface area (Å²) in [5.41, 5.74) is 2.94. The number of ether oxygens (including phenoxy) is 1. The molecule has 0 atom stereocenters. The summed E-state index contributed by atoms with van der Waals surface area (Å²) in [6.07, 6.45) is -0.969. The fourth-order valence-electron chi connectivity index (χ4n) is 3.05. The predicted octanol–water partition coefficient (Wildman–Crippen LogP) is 5.46. The average molecular weight is 409 g/mol. The van der Waals surface area contributed by atoms with Gasteiger partial charge in [0.15, 0.2) is 0 Å². The van der Waals surface area contributed by atoms with Crippen LogP contribution in [0.15, 0.2) is 27.2 Å². The van der Waals surface area contributed by atoms with E-state index in [2.05, 4.69) is 19.8 Å². The van der Waals surface area contributed by atoms with Gasteiger partial charge >= 0.3 is 12.1 Å². The summed E-state index contributed by atoms with van der Waals surface area (Å²) >= 11 is 0. The summed E-state index contributed by atoms with van der Waals surface area (Å²) in [6, 6.07) is 5.32. The van der Waals surface area contributed by atoms with Gasteiger partial charge in [0, 0.05) is 18.1 Å². The van der Waals surface area contributed by atoms with Gasteiger partial charge in [0.25, 0.3) is 0 Å². The zero-order valence-electron chi connectivity index (χ0n) is 16.5. The first-order valence-corrected chi connectivity index (χ1v) is 9.31. The number of nitrogens with zero attached hydrogens (tertiary/aromatic N) is 3. The predicted molar refractivity (Wildman–Crippen MR) is 98.5 cm³/mol. The highest BCUT2D eigenvalue weighted by atomic mass is 19.4. The Kier molecular flexibility index (Phi) is 6.24. The van der Waals surface area contributed by atoms with Gasteiger partial charge in [-0.25, -0.2) is 0 Å². The van der Waals surface area contributed by atoms with Crippen molar-refractivity contribution < 1.29 is 27.0 Å². The zero-order chi connectivity index (χ0) is 21.0. The summed E-state index contributed by atoms with van der Waals surface area (Å²) in [7, 11) is 0. The number of hydrogen-bond donors (Lipinski definition) is 0. The molecule has 0 amide bonds. The highest BCUT2D eigenvalue weighted by Crippen LogP contribution is 2.32. The molecule has 0 unspecified atom stereocenters. The van der Waals surface area contributed by atoms with Crippen molar-refractivity contribution in [2.24, 2.45) is 0 Å². The van der Waals surface area contributed by atoms with Gasteiger partial charge in [0.05, 0.1) is 12.3 Å². The van der Waals surface area contributed by atoms with Crippen molar-refractivity contribution >= 4 is 0 Å². The molecule has 0 bridgehead atoms. The second-order valence-electron chi connectivity index (χ2n) is 6.95. The summed E-state index contributed by atoms with van der Waals surface area (Å²) < 4.78 is 53.3. The lowest BCUT2D eigenvalue weighted by Gasteiger charge is -2.13. The third kappa shape index (κ3) is 5.36. The molecule has 2 aromatic heterocycles. The summed E-state index contributed by atoms with van der Waals surface area (Å²) in [5, 5.41) is 7.29. The lowest BCUT2D eigenvalue weighted by molar-refractivity contribution is -0.159. The Hall–Kier alpha value is -2.84. The van der Waals surface area contributed by atoms with Gasteiger partial charge in [-0.3, -0.25) is 0 Å². The topological polar surface area (TPSA) is 74.2 Å². The number of aromatic nitrogens is 3. The number of aryl methyl sites for hydroxylation is 4. The van der Waals surface area contributed by atoms with Gasteiger partial charge in [-0.2, -0.15) is 18.2 Å². The molecule has 0 fully saturated rings. The van der Waals surface area contributed by atoms with Gasteiger partial charge in [-0.05, 0) is 63.3 Å². The monoisotopic (exact) mass is 409 g/mol. The van der Waals surface area contributed by atoms with Crippen molar-refractivity contribution in [3.05, 3.63) is 46.7 Å². The molecule has 156 valence electrons. The number of alkyl halides is 3. The number of benzene rings is 1. The Morgan fingerprint density at radius 3 is 2.24 bits per heavy atom. The minimum absolute atomic E-state index is 0.0993. The van der Waals surface area contributed by atoms with Crippen LogP contribution in [0, 0.1) is 20.8 Å². The molecule has 3 rings (SSSR count). The number of halogens is 3. The standard InChI is InChI=1S/C20H22F3N3O3/c1-12-9-15(18-24-19(29-26-18)20(21,22)23)10-13(2)17(12)27-8-6-4-5-7-16-11-14(3)25-28-16/h9-11H,4-8H2,1-3H3. The highest BCUT2D eigenvalue weighted by Gasteiger charge is 2.38. The molecule has 9 heteroatoms. The SMILES string of the molecule is Cc1cc(CCCCCOc2c(C)cc(-c3noc(C(F)(F)F)n3)cc2C)on1. The van der Waals surface area contributed by atoms with Gasteiger partial charge in [-0.15, -0.1) is 0 Å². The first-order valence-electron chi connectivity index (χ1n) is 9.31. The van der Waals surface area contributed by atoms with Crippen molar-refractivity contribution in [1.82, 2.24) is 15.3 Å². The molecule has 6 nitrogen and oxygen atoms in total. The lowest BCUT2D eigenvalue weighted by atomic mass is 10.1. The fraction of sp³-hybridized carbons (Fsp3) is 0.450. The Labute approximate surface area is 166 Å². The van der Waals surface area contributed by atoms with Gasteiger partial charge in [0.1, 0.15) is 11.5 Å². The minimum Gasteiger partial charge on any atom is -0.493 e. The largest absolute Gasteiger partial charge is 0.493 e. The number of unbranched alkanes of at least 4 members (excludes halogenated alkanes) is 2. The third-order valence-corrected chi connectivity index (χ3v) is 4.38. The van der Waals surface area contributed by atoms with E-state index in [0.717, 1.165) is 54.0 Å². The quantitative estimate of drug-likeness (QED) is 0.460. The van der Waals surface area contributed by atoms with Crippen molar-refractivity contribution in [2.45, 2.75) is 52.6 Å². The van der Waals surface area contributed by atoms with Crippen molar-refractivity contribution in [1.29, 1.82) is 0 Å². The molecule has 0 aliphatic rings. The molecule has 0 N–H and O–H groups in total. The summed E-state index contributed by atoms with van der Waals surface area (Å²) in [5.74, 6) is 0.154. The van der Waals surface area contributed by atoms with Crippen LogP contribution < -0.4 is 4.74 Å². The normalized spacial score (nSPS) is 11.8. The molecule has 2 heterocycles. The van der Waals surface area contributed by atoms with E-state index in [1.165, 1.54) is 0 Å². The molecule has 0 radical (unpaired) electrons. The molecule has 0 spiro atoms. The van der Waals surface area contributed by atoms with Crippen LogP contribution in [-0.2, 0) is 12.6 Å². The molecule has 29 heavy (non-hydrogen) atoms. The Morgan fingerprint density at radius 2 is 1.66 bits per heavy atom. The van der Waals surface area contributed by atoms with Gasteiger partial charge in [-0.1, -0.05) is 10.3 Å². The van der Waals surface area contributed by atoms with Gasteiger partial charge in [0.2, 0.25) is 5.82 Å². The van der Waals surface area contributed by atoms with Crippen molar-refractivity contribution in [3.8, 4) is 17.1 Å². The maximum Gasteiger partial charge on any atom is 0.471 e. The Balaban J connectivity index is 1.53. The molecule has 0 saturated carbocycles. The van der Waals surface area contributed by atoms with Crippen LogP contribution in [0.3, 0.4) is 0 Å². The summed E-state index contributed by atoms with van der Waals surface area (Å²) in [6.45, 7) is 6.12. The third-order valence-electron chi connectivity index (χ3n) is 4.38. The van der Waals surface area contributed by atoms with Crippen LogP contribution in [0.4, 0.5) is 13.2 Å². The second kappa shape index (κ2) is 8.67. The van der Waals surface area contributed by atoms with E-state index >= 15 is 0 Å². The van der Waals surface area contributed by atoms with E-state index in [1.807, 2.05) is 26.8 Å². The minimum atomic E-state index is -4.66. The van der Waals surface area contributed by atoms with E-state index in [4.69, 9.17) is 9.26 Å². The molecule has 0 saturated heterocycles. The van der Waals surface area contributed by atoms with E-state index in [-0.39, 0.29) is 5.82 Å². The fourth-order valence-corrected chi connectivity index (χ4v) is 3.05. The molecule has 3 aromatic rings. The van der Waals surface area contributed by atoms with Gasteiger partial charge < -0.3 is 13.8 Å². The first-order chi connectivity index (χ1) is 13.7. The first kappa shape index (κ1) is 20.9. The Bertz CT molecular complexity index is 940. The number of hydrogen-bond acceptors (Lipinski definition) is 6. The van der Waals surface area contributed by atoms with Crippen LogP contribution in [0.5, 0.6) is 5.75 Å². The maximum absolute atomic E-state index is 12.6. The average Bonchev–Trinajstić information content (AvgIpc) is 3.28. The van der Waals surface area contributed by atoms with Crippen molar-refractivity contribution in [3.63, 3.8) is 0 Å². The smallest absolute Gasteiger partial charge is 0.471 e. The lowest BCUT2D eigenvalue weighted by Crippen LogP contribution is -2.05. The molecule has 1 aromatic carbocycles. The van der Waals surface area contributed by atoms with Crippen LogP contribution in [0.25, 0.3) is 11.4 Å². The molecular formula is C20H22F3N3O3. The van der Waals surface area contributed by atoms with E-state index in [9.17, 15) is 13.2 Å². The van der Waals surface area contributed by atoms with Crippen LogP contribution >= 0.6 is 0 Å². The van der Waals surface area contributed by atoms with E-state index in [1.54, 1.807) is 12.1 Å². The second-order valence-corrected chi connectivity index (χ2v) is 6.95. The van der Waals surface area contributed by atoms with Crippen LogP contribution in [0.1, 0.15) is 47.7 Å². The Morgan fingerprint density at radius 1 is 0.931 bits per heavy atom. The molecular weight excluding hydrogens is 387 g/mol. The number of rotatable bonds is 8.